The Labute approximate surface area is 75.9 Å². The molecule has 1 atom stereocenters. The summed E-state index contributed by atoms with van der Waals surface area (Å²) in [6.45, 7) is 2.38. The molecule has 0 unspecified atom stereocenters. The van der Waals surface area contributed by atoms with E-state index in [0.717, 1.165) is 18.0 Å². The zero-order valence-electron chi connectivity index (χ0n) is 8.18. The minimum Gasteiger partial charge on any atom is -0.311 e. The molecule has 2 rings (SSSR count). The van der Waals surface area contributed by atoms with Crippen molar-refractivity contribution in [3.05, 3.63) is 0 Å². The molecular formula is C11H21N. The van der Waals surface area contributed by atoms with Crippen LogP contribution in [0, 0.1) is 5.92 Å². The van der Waals surface area contributed by atoms with Gasteiger partial charge in [0.1, 0.15) is 0 Å². The first-order valence-corrected chi connectivity index (χ1v) is 5.62. The lowest BCUT2D eigenvalue weighted by Gasteiger charge is -2.33. The van der Waals surface area contributed by atoms with Crippen molar-refractivity contribution in [3.8, 4) is 0 Å². The molecule has 0 amide bonds. The SMILES string of the molecule is C[C@H](NC1CCCC1)C1CCC1. The predicted molar refractivity (Wildman–Crippen MR) is 52.2 cm³/mol. The molecule has 2 aliphatic carbocycles. The zero-order valence-corrected chi connectivity index (χ0v) is 8.18. The van der Waals surface area contributed by atoms with Gasteiger partial charge >= 0.3 is 0 Å². The molecule has 1 N–H and O–H groups in total. The normalized spacial score (nSPS) is 28.8. The minimum atomic E-state index is 0.793. The Balaban J connectivity index is 1.69. The van der Waals surface area contributed by atoms with Gasteiger partial charge in [-0.1, -0.05) is 19.3 Å². The lowest BCUT2D eigenvalue weighted by atomic mass is 9.80. The summed E-state index contributed by atoms with van der Waals surface area (Å²) in [6.07, 6.45) is 10.2. The summed E-state index contributed by atoms with van der Waals surface area (Å²) in [5.74, 6) is 1.01. The minimum absolute atomic E-state index is 0.793. The molecule has 0 saturated heterocycles. The number of hydrogen-bond acceptors (Lipinski definition) is 1. The fraction of sp³-hybridized carbons (Fsp3) is 1.00. The van der Waals surface area contributed by atoms with E-state index < -0.39 is 0 Å². The van der Waals surface area contributed by atoms with E-state index in [-0.39, 0.29) is 0 Å². The van der Waals surface area contributed by atoms with Crippen molar-refractivity contribution >= 4 is 0 Å². The molecule has 0 spiro atoms. The number of nitrogens with one attached hydrogen (secondary N) is 1. The average molecular weight is 167 g/mol. The highest BCUT2D eigenvalue weighted by Gasteiger charge is 2.26. The van der Waals surface area contributed by atoms with Crippen LogP contribution in [0.25, 0.3) is 0 Å². The van der Waals surface area contributed by atoms with Gasteiger partial charge in [0.25, 0.3) is 0 Å². The number of rotatable bonds is 3. The first-order chi connectivity index (χ1) is 5.86. The van der Waals surface area contributed by atoms with Gasteiger partial charge in [0.15, 0.2) is 0 Å². The quantitative estimate of drug-likeness (QED) is 0.681. The third-order valence-corrected chi connectivity index (χ3v) is 3.71. The van der Waals surface area contributed by atoms with Gasteiger partial charge in [-0.15, -0.1) is 0 Å². The van der Waals surface area contributed by atoms with E-state index in [0.29, 0.717) is 0 Å². The molecular weight excluding hydrogens is 146 g/mol. The van der Waals surface area contributed by atoms with Crippen LogP contribution in [0.3, 0.4) is 0 Å². The second kappa shape index (κ2) is 3.78. The molecule has 0 aromatic rings. The van der Waals surface area contributed by atoms with E-state index in [4.69, 9.17) is 0 Å². The van der Waals surface area contributed by atoms with Crippen molar-refractivity contribution in [2.24, 2.45) is 5.92 Å². The molecule has 2 aliphatic rings. The van der Waals surface area contributed by atoms with Crippen molar-refractivity contribution in [1.29, 1.82) is 0 Å². The maximum atomic E-state index is 3.78. The zero-order chi connectivity index (χ0) is 8.39. The summed E-state index contributed by atoms with van der Waals surface area (Å²) >= 11 is 0. The van der Waals surface area contributed by atoms with Crippen LogP contribution in [-0.2, 0) is 0 Å². The van der Waals surface area contributed by atoms with Crippen molar-refractivity contribution in [2.45, 2.75) is 64.0 Å². The Kier molecular flexibility index (Phi) is 2.69. The maximum Gasteiger partial charge on any atom is 0.00696 e. The molecule has 1 nitrogen and oxygen atoms in total. The molecule has 0 aliphatic heterocycles. The Morgan fingerprint density at radius 1 is 1.00 bits per heavy atom. The van der Waals surface area contributed by atoms with Crippen molar-refractivity contribution in [1.82, 2.24) is 5.32 Å². The van der Waals surface area contributed by atoms with E-state index in [9.17, 15) is 0 Å². The molecule has 0 heterocycles. The fourth-order valence-electron chi connectivity index (χ4n) is 2.54. The van der Waals surface area contributed by atoms with Gasteiger partial charge in [-0.3, -0.25) is 0 Å². The Hall–Kier alpha value is -0.0400. The van der Waals surface area contributed by atoms with Crippen LogP contribution in [-0.4, -0.2) is 12.1 Å². The van der Waals surface area contributed by atoms with E-state index in [2.05, 4.69) is 12.2 Å². The summed E-state index contributed by atoms with van der Waals surface area (Å²) in [6, 6.07) is 1.66. The highest BCUT2D eigenvalue weighted by atomic mass is 15.0. The smallest absolute Gasteiger partial charge is 0.00696 e. The maximum absolute atomic E-state index is 3.78. The fourth-order valence-corrected chi connectivity index (χ4v) is 2.54. The molecule has 2 fully saturated rings. The third kappa shape index (κ3) is 1.82. The molecule has 0 radical (unpaired) electrons. The van der Waals surface area contributed by atoms with Crippen molar-refractivity contribution in [3.63, 3.8) is 0 Å². The molecule has 12 heavy (non-hydrogen) atoms. The summed E-state index contributed by atoms with van der Waals surface area (Å²) in [5.41, 5.74) is 0. The highest BCUT2D eigenvalue weighted by molar-refractivity contribution is 4.84. The van der Waals surface area contributed by atoms with E-state index in [1.165, 1.54) is 44.9 Å². The van der Waals surface area contributed by atoms with Crippen LogP contribution in [0.2, 0.25) is 0 Å². The Bertz CT molecular complexity index is 134. The average Bonchev–Trinajstić information content (AvgIpc) is 2.34. The summed E-state index contributed by atoms with van der Waals surface area (Å²) in [5, 5.41) is 3.78. The van der Waals surface area contributed by atoms with Crippen molar-refractivity contribution < 1.29 is 0 Å². The van der Waals surface area contributed by atoms with Crippen molar-refractivity contribution in [2.75, 3.05) is 0 Å². The Morgan fingerprint density at radius 2 is 1.67 bits per heavy atom. The molecule has 0 aromatic carbocycles. The van der Waals surface area contributed by atoms with Gasteiger partial charge in [-0.25, -0.2) is 0 Å². The van der Waals surface area contributed by atoms with E-state index >= 15 is 0 Å². The van der Waals surface area contributed by atoms with Crippen LogP contribution < -0.4 is 5.32 Å². The summed E-state index contributed by atoms with van der Waals surface area (Å²) < 4.78 is 0. The largest absolute Gasteiger partial charge is 0.311 e. The first-order valence-electron chi connectivity index (χ1n) is 5.62. The summed E-state index contributed by atoms with van der Waals surface area (Å²) in [7, 11) is 0. The second-order valence-electron chi connectivity index (χ2n) is 4.63. The van der Waals surface area contributed by atoms with Crippen LogP contribution in [0.1, 0.15) is 51.9 Å². The molecule has 0 aromatic heterocycles. The van der Waals surface area contributed by atoms with Gasteiger partial charge in [-0.05, 0) is 38.5 Å². The monoisotopic (exact) mass is 167 g/mol. The van der Waals surface area contributed by atoms with Gasteiger partial charge in [0.05, 0.1) is 0 Å². The Morgan fingerprint density at radius 3 is 2.17 bits per heavy atom. The van der Waals surface area contributed by atoms with Gasteiger partial charge < -0.3 is 5.32 Å². The lowest BCUT2D eigenvalue weighted by molar-refractivity contribution is 0.227. The molecule has 1 heteroatoms. The summed E-state index contributed by atoms with van der Waals surface area (Å²) in [4.78, 5) is 0. The van der Waals surface area contributed by atoms with E-state index in [1.807, 2.05) is 0 Å². The third-order valence-electron chi connectivity index (χ3n) is 3.71. The lowest BCUT2D eigenvalue weighted by Crippen LogP contribution is -2.41. The number of hydrogen-bond donors (Lipinski definition) is 1. The first kappa shape index (κ1) is 8.55. The van der Waals surface area contributed by atoms with Crippen LogP contribution in [0.5, 0.6) is 0 Å². The van der Waals surface area contributed by atoms with Crippen LogP contribution in [0.15, 0.2) is 0 Å². The van der Waals surface area contributed by atoms with Crippen LogP contribution >= 0.6 is 0 Å². The predicted octanol–water partition coefficient (Wildman–Crippen LogP) is 2.71. The van der Waals surface area contributed by atoms with Gasteiger partial charge in [-0.2, -0.15) is 0 Å². The molecule has 70 valence electrons. The van der Waals surface area contributed by atoms with Gasteiger partial charge in [0, 0.05) is 12.1 Å². The second-order valence-corrected chi connectivity index (χ2v) is 4.63. The topological polar surface area (TPSA) is 12.0 Å². The van der Waals surface area contributed by atoms with E-state index in [1.54, 1.807) is 0 Å². The highest BCUT2D eigenvalue weighted by Crippen LogP contribution is 2.30. The molecule has 2 saturated carbocycles. The van der Waals surface area contributed by atoms with Crippen LogP contribution in [0.4, 0.5) is 0 Å². The standard InChI is InChI=1S/C11H21N/c1-9(10-5-4-6-10)12-11-7-2-3-8-11/h9-12H,2-8H2,1H3/t9-/m0/s1. The van der Waals surface area contributed by atoms with Gasteiger partial charge in [0.2, 0.25) is 0 Å². The molecule has 0 bridgehead atoms.